The molecule has 96 valence electrons. The van der Waals surface area contributed by atoms with E-state index in [0.29, 0.717) is 5.92 Å². The molecule has 0 atom stereocenters. The van der Waals surface area contributed by atoms with Crippen molar-refractivity contribution < 1.29 is 0 Å². The predicted octanol–water partition coefficient (Wildman–Crippen LogP) is 3.34. The summed E-state index contributed by atoms with van der Waals surface area (Å²) in [5.41, 5.74) is 8.33. The zero-order valence-corrected chi connectivity index (χ0v) is 11.5. The number of aromatic nitrogens is 1. The smallest absolute Gasteiger partial charge is 0.0731 e. The van der Waals surface area contributed by atoms with Gasteiger partial charge in [-0.25, -0.2) is 0 Å². The van der Waals surface area contributed by atoms with Crippen LogP contribution in [0.5, 0.6) is 0 Å². The number of fused-ring (bicyclic) bond motifs is 1. The van der Waals surface area contributed by atoms with E-state index in [0.717, 1.165) is 28.7 Å². The molecule has 0 saturated carbocycles. The summed E-state index contributed by atoms with van der Waals surface area (Å²) in [5, 5.41) is 1.12. The highest BCUT2D eigenvalue weighted by Gasteiger charge is 2.09. The second-order valence-corrected chi connectivity index (χ2v) is 5.38. The minimum atomic E-state index is 0.589. The van der Waals surface area contributed by atoms with E-state index in [1.165, 1.54) is 11.1 Å². The van der Waals surface area contributed by atoms with Crippen LogP contribution in [-0.2, 0) is 6.42 Å². The van der Waals surface area contributed by atoms with E-state index in [1.54, 1.807) is 0 Å². The van der Waals surface area contributed by atoms with Crippen LogP contribution in [0, 0.1) is 19.8 Å². The Kier molecular flexibility index (Phi) is 3.53. The second kappa shape index (κ2) is 4.94. The molecule has 0 aliphatic carbocycles. The maximum absolute atomic E-state index is 5.64. The third kappa shape index (κ3) is 2.46. The van der Waals surface area contributed by atoms with Crippen LogP contribution in [0.2, 0.25) is 0 Å². The molecule has 0 aliphatic rings. The summed E-state index contributed by atoms with van der Waals surface area (Å²) in [6.45, 7) is 8.59. The van der Waals surface area contributed by atoms with Crippen LogP contribution in [0.3, 0.4) is 0 Å². The second-order valence-electron chi connectivity index (χ2n) is 5.38. The van der Waals surface area contributed by atoms with Crippen molar-refractivity contribution in [3.8, 4) is 0 Å². The van der Waals surface area contributed by atoms with Gasteiger partial charge in [-0.15, -0.1) is 0 Å². The van der Waals surface area contributed by atoms with Gasteiger partial charge in [0.25, 0.3) is 0 Å². The van der Waals surface area contributed by atoms with Crippen molar-refractivity contribution in [2.45, 2.75) is 34.1 Å². The summed E-state index contributed by atoms with van der Waals surface area (Å²) in [7, 11) is 0. The van der Waals surface area contributed by atoms with Crippen LogP contribution in [0.25, 0.3) is 10.9 Å². The molecular formula is C15H21N3. The standard InChI is InChI=1S/C15H21N3/c1-9(2)5-12-8-14(18-16)15-11(4)6-10(3)7-13(15)17-12/h6-9H,5,16H2,1-4H3,(H,17,18). The molecule has 3 N–H and O–H groups in total. The van der Waals surface area contributed by atoms with E-state index in [-0.39, 0.29) is 0 Å². The quantitative estimate of drug-likeness (QED) is 0.642. The van der Waals surface area contributed by atoms with Gasteiger partial charge in [-0.1, -0.05) is 19.9 Å². The van der Waals surface area contributed by atoms with E-state index in [9.17, 15) is 0 Å². The van der Waals surface area contributed by atoms with Gasteiger partial charge in [0, 0.05) is 11.1 Å². The molecule has 0 fully saturated rings. The summed E-state index contributed by atoms with van der Waals surface area (Å²) in [6.07, 6.45) is 0.970. The van der Waals surface area contributed by atoms with Crippen LogP contribution in [-0.4, -0.2) is 4.98 Å². The Morgan fingerprint density at radius 1 is 1.22 bits per heavy atom. The Morgan fingerprint density at radius 2 is 1.94 bits per heavy atom. The molecule has 3 heteroatoms. The number of benzene rings is 1. The largest absolute Gasteiger partial charge is 0.323 e. The maximum Gasteiger partial charge on any atom is 0.0731 e. The van der Waals surface area contributed by atoms with Crippen LogP contribution >= 0.6 is 0 Å². The zero-order valence-electron chi connectivity index (χ0n) is 11.5. The van der Waals surface area contributed by atoms with Crippen molar-refractivity contribution in [2.24, 2.45) is 11.8 Å². The molecule has 0 radical (unpaired) electrons. The molecule has 0 saturated heterocycles. The van der Waals surface area contributed by atoms with Crippen molar-refractivity contribution >= 4 is 16.6 Å². The highest BCUT2D eigenvalue weighted by molar-refractivity contribution is 5.94. The Bertz CT molecular complexity index is 573. The normalized spacial score (nSPS) is 11.2. The van der Waals surface area contributed by atoms with Crippen molar-refractivity contribution in [2.75, 3.05) is 5.43 Å². The Labute approximate surface area is 108 Å². The van der Waals surface area contributed by atoms with Crippen molar-refractivity contribution in [3.63, 3.8) is 0 Å². The lowest BCUT2D eigenvalue weighted by atomic mass is 10.0. The molecule has 0 unspecified atom stereocenters. The van der Waals surface area contributed by atoms with Crippen LogP contribution in [0.4, 0.5) is 5.69 Å². The summed E-state index contributed by atoms with van der Waals surface area (Å²) in [6, 6.07) is 6.34. The van der Waals surface area contributed by atoms with Crippen LogP contribution in [0.15, 0.2) is 18.2 Å². The van der Waals surface area contributed by atoms with Crippen molar-refractivity contribution in [3.05, 3.63) is 35.0 Å². The van der Waals surface area contributed by atoms with E-state index in [2.05, 4.69) is 51.3 Å². The molecule has 2 aromatic rings. The lowest BCUT2D eigenvalue weighted by Gasteiger charge is -2.13. The van der Waals surface area contributed by atoms with Crippen LogP contribution < -0.4 is 11.3 Å². The summed E-state index contributed by atoms with van der Waals surface area (Å²) in [5.74, 6) is 6.23. The minimum absolute atomic E-state index is 0.589. The first-order chi connectivity index (χ1) is 8.51. The number of nitrogens with zero attached hydrogens (tertiary/aromatic N) is 1. The number of rotatable bonds is 3. The minimum Gasteiger partial charge on any atom is -0.323 e. The van der Waals surface area contributed by atoms with E-state index in [4.69, 9.17) is 10.8 Å². The summed E-state index contributed by atoms with van der Waals surface area (Å²) in [4.78, 5) is 4.75. The Hall–Kier alpha value is -1.61. The van der Waals surface area contributed by atoms with Gasteiger partial charge < -0.3 is 5.43 Å². The molecule has 1 aromatic carbocycles. The number of nitrogens with one attached hydrogen (secondary N) is 1. The molecular weight excluding hydrogens is 222 g/mol. The number of anilines is 1. The molecule has 1 heterocycles. The number of nitrogen functional groups attached to an aromatic ring is 1. The highest BCUT2D eigenvalue weighted by Crippen LogP contribution is 2.27. The fourth-order valence-electron chi connectivity index (χ4n) is 2.45. The molecule has 0 amide bonds. The zero-order chi connectivity index (χ0) is 13.3. The Morgan fingerprint density at radius 3 is 2.56 bits per heavy atom. The fraction of sp³-hybridized carbons (Fsp3) is 0.400. The molecule has 1 aromatic heterocycles. The lowest BCUT2D eigenvalue weighted by Crippen LogP contribution is -2.09. The number of aryl methyl sites for hydroxylation is 2. The SMILES string of the molecule is Cc1cc(C)c2c(NN)cc(CC(C)C)nc2c1. The number of hydrogen-bond donors (Lipinski definition) is 2. The topological polar surface area (TPSA) is 50.9 Å². The average molecular weight is 243 g/mol. The van der Waals surface area contributed by atoms with Crippen LogP contribution in [0.1, 0.15) is 30.7 Å². The monoisotopic (exact) mass is 243 g/mol. The first kappa shape index (κ1) is 12.8. The van der Waals surface area contributed by atoms with Gasteiger partial charge in [-0.3, -0.25) is 10.8 Å². The van der Waals surface area contributed by atoms with E-state index < -0.39 is 0 Å². The lowest BCUT2D eigenvalue weighted by molar-refractivity contribution is 0.637. The number of hydrogen-bond acceptors (Lipinski definition) is 3. The van der Waals surface area contributed by atoms with Gasteiger partial charge in [0.05, 0.1) is 11.2 Å². The van der Waals surface area contributed by atoms with Crippen molar-refractivity contribution in [1.82, 2.24) is 4.98 Å². The molecule has 3 nitrogen and oxygen atoms in total. The van der Waals surface area contributed by atoms with E-state index >= 15 is 0 Å². The molecule has 0 bridgehead atoms. The van der Waals surface area contributed by atoms with Gasteiger partial charge >= 0.3 is 0 Å². The number of nitrogens with two attached hydrogens (primary N) is 1. The highest BCUT2D eigenvalue weighted by atomic mass is 15.2. The van der Waals surface area contributed by atoms with Gasteiger partial charge in [0.15, 0.2) is 0 Å². The molecule has 2 rings (SSSR count). The summed E-state index contributed by atoms with van der Waals surface area (Å²) >= 11 is 0. The number of pyridine rings is 1. The molecule has 18 heavy (non-hydrogen) atoms. The van der Waals surface area contributed by atoms with E-state index in [1.807, 2.05) is 0 Å². The van der Waals surface area contributed by atoms with Gasteiger partial charge in [0.2, 0.25) is 0 Å². The number of hydrazine groups is 1. The summed E-state index contributed by atoms with van der Waals surface area (Å²) < 4.78 is 0. The maximum atomic E-state index is 5.64. The third-order valence-electron chi connectivity index (χ3n) is 3.08. The average Bonchev–Trinajstić information content (AvgIpc) is 2.25. The Balaban J connectivity index is 2.67. The van der Waals surface area contributed by atoms with Gasteiger partial charge in [0.1, 0.15) is 0 Å². The first-order valence-electron chi connectivity index (χ1n) is 6.38. The molecule has 0 spiro atoms. The van der Waals surface area contributed by atoms with Gasteiger partial charge in [-0.2, -0.15) is 0 Å². The predicted molar refractivity (Wildman–Crippen MR) is 77.6 cm³/mol. The molecule has 0 aliphatic heterocycles. The fourth-order valence-corrected chi connectivity index (χ4v) is 2.45. The first-order valence-corrected chi connectivity index (χ1v) is 6.38. The third-order valence-corrected chi connectivity index (χ3v) is 3.08. The van der Waals surface area contributed by atoms with Gasteiger partial charge in [-0.05, 0) is 49.4 Å². The van der Waals surface area contributed by atoms with Crippen molar-refractivity contribution in [1.29, 1.82) is 0 Å².